The van der Waals surface area contributed by atoms with Gasteiger partial charge in [-0.2, -0.15) is 0 Å². The average molecular weight is 179 g/mol. The van der Waals surface area contributed by atoms with Crippen molar-refractivity contribution in [3.05, 3.63) is 35.4 Å². The van der Waals surface area contributed by atoms with Crippen molar-refractivity contribution in [2.24, 2.45) is 0 Å². The molecule has 1 rings (SSSR count). The van der Waals surface area contributed by atoms with Crippen LogP contribution < -0.4 is 5.32 Å². The summed E-state index contributed by atoms with van der Waals surface area (Å²) in [4.78, 5) is 0. The topological polar surface area (TPSA) is 21.3 Å². The summed E-state index contributed by atoms with van der Waals surface area (Å²) in [6.07, 6.45) is 0. The molecule has 1 N–H and O–H groups in total. The molecule has 0 amide bonds. The zero-order valence-electron chi connectivity index (χ0n) is 8.50. The van der Waals surface area contributed by atoms with Crippen LogP contribution in [0.4, 0.5) is 0 Å². The Morgan fingerprint density at radius 3 is 2.77 bits per heavy atom. The van der Waals surface area contributed by atoms with Gasteiger partial charge in [-0.3, -0.25) is 0 Å². The summed E-state index contributed by atoms with van der Waals surface area (Å²) in [7, 11) is 3.67. The van der Waals surface area contributed by atoms with Crippen molar-refractivity contribution in [3.63, 3.8) is 0 Å². The van der Waals surface area contributed by atoms with Crippen LogP contribution in [0.3, 0.4) is 0 Å². The van der Waals surface area contributed by atoms with Gasteiger partial charge in [-0.05, 0) is 19.5 Å². The first-order valence-electron chi connectivity index (χ1n) is 4.50. The van der Waals surface area contributed by atoms with E-state index in [9.17, 15) is 0 Å². The lowest BCUT2D eigenvalue weighted by molar-refractivity contribution is 0.170. The van der Waals surface area contributed by atoms with Crippen molar-refractivity contribution < 1.29 is 4.74 Å². The van der Waals surface area contributed by atoms with Crippen molar-refractivity contribution in [3.8, 4) is 0 Å². The Hall–Kier alpha value is -0.860. The quantitative estimate of drug-likeness (QED) is 0.762. The van der Waals surface area contributed by atoms with Crippen molar-refractivity contribution in [2.75, 3.05) is 20.8 Å². The van der Waals surface area contributed by atoms with E-state index in [4.69, 9.17) is 4.74 Å². The number of methoxy groups -OCH3 is 1. The van der Waals surface area contributed by atoms with Crippen molar-refractivity contribution >= 4 is 0 Å². The maximum absolute atomic E-state index is 5.13. The molecule has 0 aliphatic heterocycles. The fraction of sp³-hybridized carbons (Fsp3) is 0.455. The van der Waals surface area contributed by atoms with Gasteiger partial charge in [0, 0.05) is 7.11 Å². The second-order valence-electron chi connectivity index (χ2n) is 3.21. The highest BCUT2D eigenvalue weighted by atomic mass is 16.5. The van der Waals surface area contributed by atoms with Gasteiger partial charge < -0.3 is 10.1 Å². The standard InChI is InChI=1S/C11H17NO/c1-9-5-4-6-10(7-9)11(12-2)8-13-3/h4-7,11-12H,8H2,1-3H3. The van der Waals surface area contributed by atoms with Crippen LogP contribution in [0.5, 0.6) is 0 Å². The van der Waals surface area contributed by atoms with Gasteiger partial charge in [-0.15, -0.1) is 0 Å². The van der Waals surface area contributed by atoms with Crippen LogP contribution >= 0.6 is 0 Å². The van der Waals surface area contributed by atoms with Crippen LogP contribution in [-0.2, 0) is 4.74 Å². The Morgan fingerprint density at radius 1 is 1.46 bits per heavy atom. The second kappa shape index (κ2) is 5.00. The first-order valence-corrected chi connectivity index (χ1v) is 4.50. The number of hydrogen-bond donors (Lipinski definition) is 1. The van der Waals surface area contributed by atoms with Gasteiger partial charge in [-0.1, -0.05) is 29.8 Å². The molecule has 0 saturated carbocycles. The molecule has 1 aromatic carbocycles. The number of ether oxygens (including phenoxy) is 1. The minimum Gasteiger partial charge on any atom is -0.383 e. The number of rotatable bonds is 4. The highest BCUT2D eigenvalue weighted by Gasteiger charge is 2.07. The van der Waals surface area contributed by atoms with Crippen LogP contribution in [0.1, 0.15) is 17.2 Å². The van der Waals surface area contributed by atoms with E-state index in [0.717, 1.165) is 0 Å². The third-order valence-electron chi connectivity index (χ3n) is 2.13. The van der Waals surface area contributed by atoms with E-state index in [0.29, 0.717) is 12.6 Å². The second-order valence-corrected chi connectivity index (χ2v) is 3.21. The highest BCUT2D eigenvalue weighted by molar-refractivity contribution is 5.25. The number of aryl methyl sites for hydroxylation is 1. The van der Waals surface area contributed by atoms with Gasteiger partial charge in [-0.25, -0.2) is 0 Å². The predicted molar refractivity (Wildman–Crippen MR) is 54.9 cm³/mol. The van der Waals surface area contributed by atoms with Crippen LogP contribution in [0.15, 0.2) is 24.3 Å². The van der Waals surface area contributed by atoms with Gasteiger partial charge >= 0.3 is 0 Å². The zero-order chi connectivity index (χ0) is 9.68. The third kappa shape index (κ3) is 2.83. The van der Waals surface area contributed by atoms with Crippen LogP contribution in [0.2, 0.25) is 0 Å². The number of nitrogens with one attached hydrogen (secondary N) is 1. The average Bonchev–Trinajstić information content (AvgIpc) is 2.14. The largest absolute Gasteiger partial charge is 0.383 e. The molecular weight excluding hydrogens is 162 g/mol. The lowest BCUT2D eigenvalue weighted by Gasteiger charge is -2.15. The van der Waals surface area contributed by atoms with Crippen LogP contribution in [-0.4, -0.2) is 20.8 Å². The number of benzene rings is 1. The van der Waals surface area contributed by atoms with Gasteiger partial charge in [0.05, 0.1) is 12.6 Å². The molecule has 0 aromatic heterocycles. The van der Waals surface area contributed by atoms with E-state index < -0.39 is 0 Å². The van der Waals surface area contributed by atoms with Crippen molar-refractivity contribution in [1.29, 1.82) is 0 Å². The Bertz CT molecular complexity index is 260. The highest BCUT2D eigenvalue weighted by Crippen LogP contribution is 2.13. The van der Waals surface area contributed by atoms with E-state index >= 15 is 0 Å². The fourth-order valence-electron chi connectivity index (χ4n) is 1.40. The molecule has 0 fully saturated rings. The van der Waals surface area contributed by atoms with Crippen molar-refractivity contribution in [1.82, 2.24) is 5.32 Å². The summed E-state index contributed by atoms with van der Waals surface area (Å²) in [5.74, 6) is 0. The molecule has 13 heavy (non-hydrogen) atoms. The van der Waals surface area contributed by atoms with E-state index in [1.54, 1.807) is 7.11 Å². The summed E-state index contributed by atoms with van der Waals surface area (Å²) in [6.45, 7) is 2.81. The summed E-state index contributed by atoms with van der Waals surface area (Å²) >= 11 is 0. The van der Waals surface area contributed by atoms with Gasteiger partial charge in [0.25, 0.3) is 0 Å². The molecule has 1 aromatic rings. The molecule has 0 aliphatic rings. The molecule has 2 heteroatoms. The normalized spacial score (nSPS) is 12.8. The molecule has 1 unspecified atom stereocenters. The van der Waals surface area contributed by atoms with Gasteiger partial charge in [0.2, 0.25) is 0 Å². The molecule has 0 saturated heterocycles. The van der Waals surface area contributed by atoms with Crippen LogP contribution in [0.25, 0.3) is 0 Å². The van der Waals surface area contributed by atoms with Gasteiger partial charge in [0.15, 0.2) is 0 Å². The minimum absolute atomic E-state index is 0.296. The lowest BCUT2D eigenvalue weighted by Crippen LogP contribution is -2.21. The van der Waals surface area contributed by atoms with Gasteiger partial charge in [0.1, 0.15) is 0 Å². The fourth-order valence-corrected chi connectivity index (χ4v) is 1.40. The monoisotopic (exact) mass is 179 g/mol. The van der Waals surface area contributed by atoms with Crippen molar-refractivity contribution in [2.45, 2.75) is 13.0 Å². The molecule has 2 nitrogen and oxygen atoms in total. The molecular formula is C11H17NO. The number of hydrogen-bond acceptors (Lipinski definition) is 2. The van der Waals surface area contributed by atoms with E-state index in [1.807, 2.05) is 7.05 Å². The summed E-state index contributed by atoms with van der Waals surface area (Å²) in [5, 5.41) is 3.22. The Balaban J connectivity index is 2.78. The Kier molecular flexibility index (Phi) is 3.93. The molecule has 72 valence electrons. The molecule has 0 aliphatic carbocycles. The summed E-state index contributed by atoms with van der Waals surface area (Å²) in [5.41, 5.74) is 2.57. The van der Waals surface area contributed by atoms with E-state index in [1.165, 1.54) is 11.1 Å². The first-order chi connectivity index (χ1) is 6.27. The summed E-state index contributed by atoms with van der Waals surface area (Å²) in [6, 6.07) is 8.77. The predicted octanol–water partition coefficient (Wildman–Crippen LogP) is 1.90. The van der Waals surface area contributed by atoms with Crippen LogP contribution in [0, 0.1) is 6.92 Å². The SMILES string of the molecule is CNC(COC)c1cccc(C)c1. The van der Waals surface area contributed by atoms with E-state index in [-0.39, 0.29) is 0 Å². The molecule has 0 bridgehead atoms. The maximum Gasteiger partial charge on any atom is 0.0657 e. The van der Waals surface area contributed by atoms with E-state index in [2.05, 4.69) is 36.5 Å². The third-order valence-corrected chi connectivity index (χ3v) is 2.13. The molecule has 0 radical (unpaired) electrons. The smallest absolute Gasteiger partial charge is 0.0657 e. The summed E-state index contributed by atoms with van der Waals surface area (Å²) < 4.78 is 5.13. The Morgan fingerprint density at radius 2 is 2.23 bits per heavy atom. The molecule has 1 atom stereocenters. The first kappa shape index (κ1) is 10.2. The molecule has 0 spiro atoms. The molecule has 0 heterocycles. The maximum atomic E-state index is 5.13. The lowest BCUT2D eigenvalue weighted by atomic mass is 10.1. The number of likely N-dealkylation sites (N-methyl/N-ethyl adjacent to an activating group) is 1. The Labute approximate surface area is 79.9 Å². The zero-order valence-corrected chi connectivity index (χ0v) is 8.50. The minimum atomic E-state index is 0.296.